The van der Waals surface area contributed by atoms with E-state index in [4.69, 9.17) is 0 Å². The van der Waals surface area contributed by atoms with Gasteiger partial charge in [0.25, 0.3) is 5.56 Å². The minimum absolute atomic E-state index is 0.181. The van der Waals surface area contributed by atoms with Crippen LogP contribution in [0.25, 0.3) is 11.0 Å². The van der Waals surface area contributed by atoms with Crippen LogP contribution in [-0.2, 0) is 7.05 Å². The van der Waals surface area contributed by atoms with Crippen LogP contribution in [0.1, 0.15) is 25.5 Å². The zero-order valence-electron chi connectivity index (χ0n) is 14.9. The molecule has 0 radical (unpaired) electrons. The van der Waals surface area contributed by atoms with Gasteiger partial charge in [0.2, 0.25) is 5.95 Å². The standard InChI is InChI=1S/C18H24N6O/c1-4-24(5-2)15(13-9-7-6-8-10-13)12-19-18-21-16-14(17(25)22-18)11-20-23(16)3/h6-11,15H,4-5,12H2,1-3H3,(H2,19,21,22,25). The molecule has 0 saturated carbocycles. The van der Waals surface area contributed by atoms with Gasteiger partial charge in [-0.3, -0.25) is 19.4 Å². The summed E-state index contributed by atoms with van der Waals surface area (Å²) in [7, 11) is 1.78. The Hall–Kier alpha value is -2.67. The summed E-state index contributed by atoms with van der Waals surface area (Å²) in [5, 5.41) is 7.88. The van der Waals surface area contributed by atoms with E-state index in [1.165, 1.54) is 11.8 Å². The summed E-state index contributed by atoms with van der Waals surface area (Å²) in [5.41, 5.74) is 1.63. The molecule has 1 atom stereocenters. The number of fused-ring (bicyclic) bond motifs is 1. The lowest BCUT2D eigenvalue weighted by Crippen LogP contribution is -2.33. The van der Waals surface area contributed by atoms with Crippen LogP contribution in [0.4, 0.5) is 5.95 Å². The molecule has 7 heteroatoms. The van der Waals surface area contributed by atoms with Crippen LogP contribution in [0.15, 0.2) is 41.3 Å². The van der Waals surface area contributed by atoms with E-state index in [2.05, 4.69) is 51.3 Å². The highest BCUT2D eigenvalue weighted by molar-refractivity contribution is 5.74. The lowest BCUT2D eigenvalue weighted by Gasteiger charge is -2.30. The second-order valence-corrected chi connectivity index (χ2v) is 5.95. The molecule has 0 bridgehead atoms. The van der Waals surface area contributed by atoms with Gasteiger partial charge in [-0.15, -0.1) is 0 Å². The number of benzene rings is 1. The van der Waals surface area contributed by atoms with E-state index in [0.717, 1.165) is 13.1 Å². The van der Waals surface area contributed by atoms with Crippen molar-refractivity contribution in [3.05, 3.63) is 52.4 Å². The Morgan fingerprint density at radius 3 is 2.64 bits per heavy atom. The van der Waals surface area contributed by atoms with Gasteiger partial charge in [0, 0.05) is 13.6 Å². The van der Waals surface area contributed by atoms with E-state index >= 15 is 0 Å². The SMILES string of the molecule is CCN(CC)C(CNc1nc2c(cnn2C)c(=O)[nH]1)c1ccccc1. The number of aryl methyl sites for hydroxylation is 1. The van der Waals surface area contributed by atoms with Crippen LogP contribution in [0.3, 0.4) is 0 Å². The molecule has 0 aliphatic rings. The number of nitrogens with zero attached hydrogens (tertiary/aromatic N) is 4. The monoisotopic (exact) mass is 340 g/mol. The molecule has 2 heterocycles. The van der Waals surface area contributed by atoms with Crippen molar-refractivity contribution >= 4 is 17.0 Å². The van der Waals surface area contributed by atoms with Crippen LogP contribution in [0, 0.1) is 0 Å². The van der Waals surface area contributed by atoms with Gasteiger partial charge >= 0.3 is 0 Å². The highest BCUT2D eigenvalue weighted by Gasteiger charge is 2.18. The van der Waals surface area contributed by atoms with Gasteiger partial charge < -0.3 is 5.32 Å². The number of aromatic nitrogens is 4. The number of hydrogen-bond acceptors (Lipinski definition) is 5. The van der Waals surface area contributed by atoms with Gasteiger partial charge in [0.15, 0.2) is 5.65 Å². The average molecular weight is 340 g/mol. The molecule has 0 fully saturated rings. The van der Waals surface area contributed by atoms with Crippen molar-refractivity contribution in [2.24, 2.45) is 7.05 Å². The summed E-state index contributed by atoms with van der Waals surface area (Å²) in [6.45, 7) is 6.85. The summed E-state index contributed by atoms with van der Waals surface area (Å²) in [5.74, 6) is 0.467. The summed E-state index contributed by atoms with van der Waals surface area (Å²) in [4.78, 5) is 21.8. The minimum Gasteiger partial charge on any atom is -0.354 e. The van der Waals surface area contributed by atoms with Crippen molar-refractivity contribution in [1.29, 1.82) is 0 Å². The first-order valence-corrected chi connectivity index (χ1v) is 8.59. The molecule has 7 nitrogen and oxygen atoms in total. The summed E-state index contributed by atoms with van der Waals surface area (Å²) in [6.07, 6.45) is 1.54. The molecule has 0 aliphatic carbocycles. The van der Waals surface area contributed by atoms with Crippen LogP contribution < -0.4 is 10.9 Å². The highest BCUT2D eigenvalue weighted by atomic mass is 16.1. The lowest BCUT2D eigenvalue weighted by atomic mass is 10.1. The highest BCUT2D eigenvalue weighted by Crippen LogP contribution is 2.20. The van der Waals surface area contributed by atoms with Crippen molar-refractivity contribution in [3.8, 4) is 0 Å². The zero-order valence-corrected chi connectivity index (χ0v) is 14.9. The Morgan fingerprint density at radius 2 is 1.96 bits per heavy atom. The summed E-state index contributed by atoms with van der Waals surface area (Å²) >= 11 is 0. The normalized spacial score (nSPS) is 12.6. The Balaban J connectivity index is 1.86. The quantitative estimate of drug-likeness (QED) is 0.689. The van der Waals surface area contributed by atoms with Crippen molar-refractivity contribution in [2.75, 3.05) is 25.0 Å². The van der Waals surface area contributed by atoms with Crippen molar-refractivity contribution in [1.82, 2.24) is 24.6 Å². The number of likely N-dealkylation sites (N-methyl/N-ethyl adjacent to an activating group) is 1. The number of H-pyrrole nitrogens is 1. The maximum Gasteiger partial charge on any atom is 0.263 e. The Kier molecular flexibility index (Phi) is 5.14. The molecule has 0 saturated heterocycles. The largest absolute Gasteiger partial charge is 0.354 e. The Morgan fingerprint density at radius 1 is 1.24 bits per heavy atom. The average Bonchev–Trinajstić information content (AvgIpc) is 3.01. The number of rotatable bonds is 7. The van der Waals surface area contributed by atoms with Gasteiger partial charge in [-0.05, 0) is 18.7 Å². The third-order valence-corrected chi connectivity index (χ3v) is 4.50. The van der Waals surface area contributed by atoms with Crippen molar-refractivity contribution in [3.63, 3.8) is 0 Å². The Labute approximate surface area is 146 Å². The first-order chi connectivity index (χ1) is 12.1. The van der Waals surface area contributed by atoms with E-state index in [1.54, 1.807) is 11.7 Å². The maximum absolute atomic E-state index is 12.2. The van der Waals surface area contributed by atoms with Crippen molar-refractivity contribution < 1.29 is 0 Å². The van der Waals surface area contributed by atoms with E-state index in [1.807, 2.05) is 18.2 Å². The van der Waals surface area contributed by atoms with Gasteiger partial charge in [0.1, 0.15) is 5.39 Å². The van der Waals surface area contributed by atoms with Gasteiger partial charge in [-0.1, -0.05) is 44.2 Å². The predicted octanol–water partition coefficient (Wildman–Crippen LogP) is 2.15. The molecule has 3 aromatic rings. The molecule has 0 amide bonds. The van der Waals surface area contributed by atoms with Gasteiger partial charge in [0.05, 0.1) is 12.2 Å². The smallest absolute Gasteiger partial charge is 0.263 e. The molecule has 2 N–H and O–H groups in total. The van der Waals surface area contributed by atoms with Crippen LogP contribution in [0.5, 0.6) is 0 Å². The van der Waals surface area contributed by atoms with Crippen LogP contribution >= 0.6 is 0 Å². The van der Waals surface area contributed by atoms with Gasteiger partial charge in [-0.2, -0.15) is 10.1 Å². The van der Waals surface area contributed by atoms with E-state index in [-0.39, 0.29) is 11.6 Å². The zero-order chi connectivity index (χ0) is 17.8. The minimum atomic E-state index is -0.181. The third-order valence-electron chi connectivity index (χ3n) is 4.50. The van der Waals surface area contributed by atoms with Crippen molar-refractivity contribution in [2.45, 2.75) is 19.9 Å². The number of anilines is 1. The van der Waals surface area contributed by atoms with E-state index in [9.17, 15) is 4.79 Å². The van der Waals surface area contributed by atoms with Gasteiger partial charge in [-0.25, -0.2) is 0 Å². The lowest BCUT2D eigenvalue weighted by molar-refractivity contribution is 0.228. The van der Waals surface area contributed by atoms with E-state index in [0.29, 0.717) is 23.5 Å². The first kappa shape index (κ1) is 17.2. The summed E-state index contributed by atoms with van der Waals surface area (Å²) in [6, 6.07) is 10.6. The molecule has 0 spiro atoms. The molecule has 1 unspecified atom stereocenters. The fourth-order valence-electron chi connectivity index (χ4n) is 3.11. The number of aromatic amines is 1. The molecule has 132 valence electrons. The molecular weight excluding hydrogens is 316 g/mol. The molecule has 2 aromatic heterocycles. The second kappa shape index (κ2) is 7.48. The topological polar surface area (TPSA) is 78.8 Å². The second-order valence-electron chi connectivity index (χ2n) is 5.95. The Bertz CT molecular complexity index is 881. The predicted molar refractivity (Wildman–Crippen MR) is 99.7 cm³/mol. The molecule has 1 aromatic carbocycles. The molecule has 3 rings (SSSR count). The summed E-state index contributed by atoms with van der Waals surface area (Å²) < 4.78 is 1.61. The van der Waals surface area contributed by atoms with Crippen LogP contribution in [-0.4, -0.2) is 44.3 Å². The molecule has 25 heavy (non-hydrogen) atoms. The van der Waals surface area contributed by atoms with Crippen LogP contribution in [0.2, 0.25) is 0 Å². The first-order valence-electron chi connectivity index (χ1n) is 8.59. The number of nitrogens with one attached hydrogen (secondary N) is 2. The fraction of sp³-hybridized carbons (Fsp3) is 0.389. The maximum atomic E-state index is 12.2. The fourth-order valence-corrected chi connectivity index (χ4v) is 3.11. The molecular formula is C18H24N6O. The molecule has 0 aliphatic heterocycles. The number of hydrogen-bond donors (Lipinski definition) is 2. The van der Waals surface area contributed by atoms with E-state index < -0.39 is 0 Å². The third kappa shape index (κ3) is 3.56.